The number of carboxylic acid groups (broad SMARTS) is 1. The van der Waals surface area contributed by atoms with Crippen molar-refractivity contribution < 1.29 is 19.4 Å². The molecule has 0 saturated carbocycles. The molecule has 0 saturated heterocycles. The SMILES string of the molecule is CC(C)(C)OC(=O)N[C@H](CCc1cc(Cl)ccc1Cl)C(=O)O. The minimum Gasteiger partial charge on any atom is -0.480 e. The third-order valence-electron chi connectivity index (χ3n) is 2.70. The molecule has 0 bridgehead atoms. The Morgan fingerprint density at radius 3 is 2.50 bits per heavy atom. The van der Waals surface area contributed by atoms with Crippen molar-refractivity contribution in [2.24, 2.45) is 0 Å². The highest BCUT2D eigenvalue weighted by Gasteiger charge is 2.24. The zero-order valence-electron chi connectivity index (χ0n) is 12.7. The van der Waals surface area contributed by atoms with Crippen LogP contribution in [0.1, 0.15) is 32.8 Å². The van der Waals surface area contributed by atoms with Crippen LogP contribution in [0.15, 0.2) is 18.2 Å². The lowest BCUT2D eigenvalue weighted by atomic mass is 10.1. The summed E-state index contributed by atoms with van der Waals surface area (Å²) < 4.78 is 5.05. The molecule has 5 nitrogen and oxygen atoms in total. The number of amides is 1. The molecule has 0 fully saturated rings. The second-order valence-electron chi connectivity index (χ2n) is 5.81. The fourth-order valence-electron chi connectivity index (χ4n) is 1.74. The van der Waals surface area contributed by atoms with E-state index >= 15 is 0 Å². The van der Waals surface area contributed by atoms with Gasteiger partial charge in [-0.1, -0.05) is 23.2 Å². The van der Waals surface area contributed by atoms with Gasteiger partial charge in [0.1, 0.15) is 11.6 Å². The number of carbonyl (C=O) groups is 2. The van der Waals surface area contributed by atoms with E-state index in [1.165, 1.54) is 0 Å². The Balaban J connectivity index is 2.67. The van der Waals surface area contributed by atoms with Gasteiger partial charge in [0.25, 0.3) is 0 Å². The topological polar surface area (TPSA) is 75.6 Å². The van der Waals surface area contributed by atoms with E-state index in [1.807, 2.05) is 0 Å². The second kappa shape index (κ2) is 7.70. The third-order valence-corrected chi connectivity index (χ3v) is 3.30. The summed E-state index contributed by atoms with van der Waals surface area (Å²) in [6.45, 7) is 5.11. The molecule has 0 radical (unpaired) electrons. The summed E-state index contributed by atoms with van der Waals surface area (Å²) in [5.74, 6) is -1.14. The number of nitrogens with one attached hydrogen (secondary N) is 1. The average molecular weight is 348 g/mol. The zero-order valence-corrected chi connectivity index (χ0v) is 14.2. The fraction of sp³-hybridized carbons (Fsp3) is 0.467. The van der Waals surface area contributed by atoms with Crippen molar-refractivity contribution in [3.8, 4) is 0 Å². The van der Waals surface area contributed by atoms with E-state index < -0.39 is 23.7 Å². The van der Waals surface area contributed by atoms with Crippen LogP contribution in [0.2, 0.25) is 10.0 Å². The lowest BCUT2D eigenvalue weighted by Crippen LogP contribution is -2.43. The van der Waals surface area contributed by atoms with Crippen molar-refractivity contribution >= 4 is 35.3 Å². The number of alkyl carbamates (subject to hydrolysis) is 1. The number of carbonyl (C=O) groups excluding carboxylic acids is 1. The Bertz CT molecular complexity index is 555. The van der Waals surface area contributed by atoms with Gasteiger partial charge in [0, 0.05) is 10.0 Å². The summed E-state index contributed by atoms with van der Waals surface area (Å²) >= 11 is 11.9. The summed E-state index contributed by atoms with van der Waals surface area (Å²) in [5, 5.41) is 12.6. The van der Waals surface area contributed by atoms with Crippen LogP contribution in [0, 0.1) is 0 Å². The Kier molecular flexibility index (Phi) is 6.50. The number of rotatable bonds is 5. The highest BCUT2D eigenvalue weighted by atomic mass is 35.5. The van der Waals surface area contributed by atoms with Crippen molar-refractivity contribution in [3.63, 3.8) is 0 Å². The van der Waals surface area contributed by atoms with Crippen molar-refractivity contribution in [3.05, 3.63) is 33.8 Å². The number of halogens is 2. The van der Waals surface area contributed by atoms with E-state index in [2.05, 4.69) is 5.32 Å². The molecule has 7 heteroatoms. The zero-order chi connectivity index (χ0) is 16.9. The second-order valence-corrected chi connectivity index (χ2v) is 6.66. The maximum Gasteiger partial charge on any atom is 0.408 e. The van der Waals surface area contributed by atoms with Gasteiger partial charge in [-0.3, -0.25) is 0 Å². The molecule has 0 spiro atoms. The number of carboxylic acids is 1. The Morgan fingerprint density at radius 2 is 1.95 bits per heavy atom. The largest absolute Gasteiger partial charge is 0.480 e. The smallest absolute Gasteiger partial charge is 0.408 e. The van der Waals surface area contributed by atoms with Crippen molar-refractivity contribution in [2.75, 3.05) is 0 Å². The van der Waals surface area contributed by atoms with Gasteiger partial charge in [0.2, 0.25) is 0 Å². The van der Waals surface area contributed by atoms with Crippen LogP contribution < -0.4 is 5.32 Å². The summed E-state index contributed by atoms with van der Waals surface area (Å²) in [4.78, 5) is 22.9. The lowest BCUT2D eigenvalue weighted by molar-refractivity contribution is -0.139. The average Bonchev–Trinajstić information content (AvgIpc) is 2.35. The van der Waals surface area contributed by atoms with Gasteiger partial charge < -0.3 is 15.2 Å². The highest BCUT2D eigenvalue weighted by molar-refractivity contribution is 6.33. The van der Waals surface area contributed by atoms with E-state index in [0.29, 0.717) is 16.5 Å². The first-order valence-electron chi connectivity index (χ1n) is 6.75. The number of hydrogen-bond acceptors (Lipinski definition) is 3. The maximum atomic E-state index is 11.7. The van der Waals surface area contributed by atoms with Gasteiger partial charge in [-0.25, -0.2) is 9.59 Å². The normalized spacial score (nSPS) is 12.6. The van der Waals surface area contributed by atoms with Gasteiger partial charge in [0.05, 0.1) is 0 Å². The molecule has 0 aliphatic heterocycles. The van der Waals surface area contributed by atoms with E-state index in [-0.39, 0.29) is 6.42 Å². The number of hydrogen-bond donors (Lipinski definition) is 2. The highest BCUT2D eigenvalue weighted by Crippen LogP contribution is 2.22. The molecule has 1 rings (SSSR count). The van der Waals surface area contributed by atoms with Crippen LogP contribution >= 0.6 is 23.2 Å². The Labute approximate surface area is 139 Å². The number of ether oxygens (including phenoxy) is 1. The van der Waals surface area contributed by atoms with E-state index in [4.69, 9.17) is 27.9 Å². The molecule has 2 N–H and O–H groups in total. The summed E-state index contributed by atoms with van der Waals surface area (Å²) in [6, 6.07) is 3.91. The predicted molar refractivity (Wildman–Crippen MR) is 85.6 cm³/mol. The van der Waals surface area contributed by atoms with Gasteiger partial charge >= 0.3 is 12.1 Å². The van der Waals surface area contributed by atoms with E-state index in [1.54, 1.807) is 39.0 Å². The Morgan fingerprint density at radius 1 is 1.32 bits per heavy atom. The molecular weight excluding hydrogens is 329 g/mol. The summed E-state index contributed by atoms with van der Waals surface area (Å²) in [7, 11) is 0. The standard InChI is InChI=1S/C15H19Cl2NO4/c1-15(2,3)22-14(21)18-12(13(19)20)7-4-9-8-10(16)5-6-11(9)17/h5-6,8,12H,4,7H2,1-3H3,(H,18,21)(H,19,20)/t12-/m1/s1. The Hall–Kier alpha value is -1.46. The number of benzene rings is 1. The molecule has 0 heterocycles. The molecule has 122 valence electrons. The molecule has 1 aromatic rings. The van der Waals surface area contributed by atoms with Crippen LogP contribution in [-0.4, -0.2) is 28.8 Å². The minimum absolute atomic E-state index is 0.175. The first-order chi connectivity index (χ1) is 10.1. The van der Waals surface area contributed by atoms with Gasteiger partial charge in [-0.05, 0) is 57.4 Å². The number of aliphatic carboxylic acids is 1. The quantitative estimate of drug-likeness (QED) is 0.846. The molecule has 0 aliphatic rings. The monoisotopic (exact) mass is 347 g/mol. The lowest BCUT2D eigenvalue weighted by Gasteiger charge is -2.22. The molecule has 1 aromatic carbocycles. The molecule has 1 amide bonds. The summed E-state index contributed by atoms with van der Waals surface area (Å²) in [5.41, 5.74) is 0.0371. The van der Waals surface area contributed by atoms with Crippen LogP contribution in [0.25, 0.3) is 0 Å². The molecule has 0 aliphatic carbocycles. The first kappa shape index (κ1) is 18.6. The molecule has 0 aromatic heterocycles. The first-order valence-corrected chi connectivity index (χ1v) is 7.50. The predicted octanol–water partition coefficient (Wildman–Crippen LogP) is 3.90. The minimum atomic E-state index is -1.14. The van der Waals surface area contributed by atoms with Crippen LogP contribution in [0.5, 0.6) is 0 Å². The van der Waals surface area contributed by atoms with Crippen LogP contribution in [0.3, 0.4) is 0 Å². The molecule has 0 unspecified atom stereocenters. The van der Waals surface area contributed by atoms with Crippen molar-refractivity contribution in [2.45, 2.75) is 45.3 Å². The summed E-state index contributed by atoms with van der Waals surface area (Å²) in [6.07, 6.45) is -0.224. The maximum absolute atomic E-state index is 11.7. The van der Waals surface area contributed by atoms with Crippen LogP contribution in [-0.2, 0) is 16.0 Å². The third kappa shape index (κ3) is 6.54. The molecular formula is C15H19Cl2NO4. The van der Waals surface area contributed by atoms with Gasteiger partial charge in [-0.2, -0.15) is 0 Å². The van der Waals surface area contributed by atoms with E-state index in [9.17, 15) is 14.7 Å². The fourth-order valence-corrected chi connectivity index (χ4v) is 2.15. The van der Waals surface area contributed by atoms with Crippen molar-refractivity contribution in [1.82, 2.24) is 5.32 Å². The van der Waals surface area contributed by atoms with Gasteiger partial charge in [-0.15, -0.1) is 0 Å². The van der Waals surface area contributed by atoms with E-state index in [0.717, 1.165) is 5.56 Å². The van der Waals surface area contributed by atoms with Crippen molar-refractivity contribution in [1.29, 1.82) is 0 Å². The molecule has 22 heavy (non-hydrogen) atoms. The number of aryl methyl sites for hydroxylation is 1. The van der Waals surface area contributed by atoms with Gasteiger partial charge in [0.15, 0.2) is 0 Å². The van der Waals surface area contributed by atoms with Crippen LogP contribution in [0.4, 0.5) is 4.79 Å². The molecule has 1 atom stereocenters.